The highest BCUT2D eigenvalue weighted by atomic mass is 16.2. The Balaban J connectivity index is 1.82. The van der Waals surface area contributed by atoms with Gasteiger partial charge in [-0.3, -0.25) is 14.6 Å². The van der Waals surface area contributed by atoms with E-state index in [1.165, 1.54) is 5.56 Å². The van der Waals surface area contributed by atoms with Crippen molar-refractivity contribution >= 4 is 11.8 Å². The van der Waals surface area contributed by atoms with Crippen LogP contribution < -0.4 is 5.32 Å². The Kier molecular flexibility index (Phi) is 5.66. The third-order valence-electron chi connectivity index (χ3n) is 4.82. The van der Waals surface area contributed by atoms with Crippen LogP contribution in [0.4, 0.5) is 0 Å². The summed E-state index contributed by atoms with van der Waals surface area (Å²) in [6.07, 6.45) is 5.91. The zero-order valence-electron chi connectivity index (χ0n) is 15.4. The molecule has 5 heteroatoms. The number of hydrogen-bond donors (Lipinski definition) is 1. The highest BCUT2D eigenvalue weighted by Crippen LogP contribution is 2.25. The molecule has 1 N–H and O–H groups in total. The molecule has 2 amide bonds. The van der Waals surface area contributed by atoms with Crippen LogP contribution in [-0.4, -0.2) is 34.8 Å². The molecule has 0 unspecified atom stereocenters. The van der Waals surface area contributed by atoms with Gasteiger partial charge in [-0.05, 0) is 49.4 Å². The Hall–Kier alpha value is -2.69. The topological polar surface area (TPSA) is 62.3 Å². The lowest BCUT2D eigenvalue weighted by atomic mass is 9.94. The largest absolute Gasteiger partial charge is 0.344 e. The second kappa shape index (κ2) is 8.13. The zero-order chi connectivity index (χ0) is 18.5. The average Bonchev–Trinajstić information content (AvgIpc) is 2.63. The molecule has 1 saturated heterocycles. The number of aromatic nitrogens is 1. The van der Waals surface area contributed by atoms with Gasteiger partial charge in [0.05, 0.1) is 12.6 Å². The fourth-order valence-corrected chi connectivity index (χ4v) is 3.45. The first-order valence-electron chi connectivity index (χ1n) is 9.09. The first-order valence-corrected chi connectivity index (χ1v) is 9.09. The second-order valence-corrected chi connectivity index (χ2v) is 6.92. The summed E-state index contributed by atoms with van der Waals surface area (Å²) in [5.41, 5.74) is 4.27. The van der Waals surface area contributed by atoms with Gasteiger partial charge >= 0.3 is 0 Å². The van der Waals surface area contributed by atoms with Crippen LogP contribution in [0.1, 0.15) is 47.6 Å². The molecule has 1 fully saturated rings. The lowest BCUT2D eigenvalue weighted by Gasteiger charge is -2.28. The smallest absolute Gasteiger partial charge is 0.240 e. The number of piperidine rings is 1. The van der Waals surface area contributed by atoms with Crippen LogP contribution in [0.25, 0.3) is 0 Å². The summed E-state index contributed by atoms with van der Waals surface area (Å²) >= 11 is 0. The summed E-state index contributed by atoms with van der Waals surface area (Å²) in [5.74, 6) is -0.0788. The predicted octanol–water partition coefficient (Wildman–Crippen LogP) is 2.92. The third kappa shape index (κ3) is 4.28. The minimum Gasteiger partial charge on any atom is -0.344 e. The average molecular weight is 351 g/mol. The van der Waals surface area contributed by atoms with Crippen LogP contribution in [0.2, 0.25) is 0 Å². The van der Waals surface area contributed by atoms with E-state index in [-0.39, 0.29) is 24.4 Å². The van der Waals surface area contributed by atoms with Gasteiger partial charge in [0.25, 0.3) is 0 Å². The maximum atomic E-state index is 12.7. The van der Waals surface area contributed by atoms with E-state index in [4.69, 9.17) is 0 Å². The molecule has 3 rings (SSSR count). The van der Waals surface area contributed by atoms with E-state index in [1.54, 1.807) is 17.3 Å². The molecule has 1 aliphatic heterocycles. The molecule has 0 spiro atoms. The number of aryl methyl sites for hydroxylation is 2. The molecule has 0 radical (unpaired) electrons. The molecule has 1 aliphatic rings. The Labute approximate surface area is 154 Å². The summed E-state index contributed by atoms with van der Waals surface area (Å²) in [7, 11) is 0. The van der Waals surface area contributed by atoms with Crippen molar-refractivity contribution in [3.05, 3.63) is 65.0 Å². The van der Waals surface area contributed by atoms with Crippen LogP contribution in [0.3, 0.4) is 0 Å². The van der Waals surface area contributed by atoms with Gasteiger partial charge in [0, 0.05) is 25.4 Å². The van der Waals surface area contributed by atoms with Gasteiger partial charge in [-0.2, -0.15) is 0 Å². The van der Waals surface area contributed by atoms with Crippen molar-refractivity contribution in [2.45, 2.75) is 39.2 Å². The number of carbonyl (C=O) groups excluding carboxylic acids is 2. The van der Waals surface area contributed by atoms with Crippen LogP contribution in [0.5, 0.6) is 0 Å². The highest BCUT2D eigenvalue weighted by molar-refractivity contribution is 5.85. The van der Waals surface area contributed by atoms with Gasteiger partial charge in [-0.1, -0.05) is 29.8 Å². The van der Waals surface area contributed by atoms with Crippen molar-refractivity contribution in [2.75, 3.05) is 13.1 Å². The van der Waals surface area contributed by atoms with Gasteiger partial charge in [-0.15, -0.1) is 0 Å². The van der Waals surface area contributed by atoms with Gasteiger partial charge in [0.15, 0.2) is 0 Å². The fraction of sp³-hybridized carbons (Fsp3) is 0.381. The Morgan fingerprint density at radius 2 is 2.12 bits per heavy atom. The summed E-state index contributed by atoms with van der Waals surface area (Å²) in [6.45, 7) is 4.87. The van der Waals surface area contributed by atoms with E-state index in [1.807, 2.05) is 25.1 Å². The third-order valence-corrected chi connectivity index (χ3v) is 4.82. The summed E-state index contributed by atoms with van der Waals surface area (Å²) in [5, 5.41) is 3.10. The van der Waals surface area contributed by atoms with Crippen LogP contribution in [0.15, 0.2) is 42.7 Å². The standard InChI is InChI=1S/C21H25N3O2/c1-15-8-9-18(16(2)12-15)21(17-6-5-10-22-13-17)23-19(25)14-24-11-4-3-7-20(24)26/h5-6,8-10,12-13,21H,3-4,7,11,14H2,1-2H3,(H,23,25)/t21-/m0/s1. The predicted molar refractivity (Wildman–Crippen MR) is 101 cm³/mol. The number of nitrogens with zero attached hydrogens (tertiary/aromatic N) is 2. The molecule has 1 aromatic heterocycles. The number of benzene rings is 1. The lowest BCUT2D eigenvalue weighted by molar-refractivity contribution is -0.138. The van der Waals surface area contributed by atoms with Gasteiger partial charge in [0.2, 0.25) is 11.8 Å². The lowest BCUT2D eigenvalue weighted by Crippen LogP contribution is -2.44. The first-order chi connectivity index (χ1) is 12.5. The molecule has 136 valence electrons. The number of carbonyl (C=O) groups is 2. The summed E-state index contributed by atoms with van der Waals surface area (Å²) in [6, 6.07) is 9.76. The van der Waals surface area contributed by atoms with Gasteiger partial charge < -0.3 is 10.2 Å². The van der Waals surface area contributed by atoms with Gasteiger partial charge in [-0.25, -0.2) is 0 Å². The van der Waals surface area contributed by atoms with E-state index in [0.717, 1.165) is 29.5 Å². The van der Waals surface area contributed by atoms with Crippen LogP contribution in [-0.2, 0) is 9.59 Å². The number of pyridine rings is 1. The van der Waals surface area contributed by atoms with Crippen molar-refractivity contribution in [2.24, 2.45) is 0 Å². The number of hydrogen-bond acceptors (Lipinski definition) is 3. The molecule has 26 heavy (non-hydrogen) atoms. The van der Waals surface area contributed by atoms with E-state index in [0.29, 0.717) is 13.0 Å². The van der Waals surface area contributed by atoms with Crippen LogP contribution in [0, 0.1) is 13.8 Å². The minimum atomic E-state index is -0.281. The quantitative estimate of drug-likeness (QED) is 0.901. The van der Waals surface area contributed by atoms with E-state index in [9.17, 15) is 9.59 Å². The van der Waals surface area contributed by atoms with Crippen molar-refractivity contribution < 1.29 is 9.59 Å². The highest BCUT2D eigenvalue weighted by Gasteiger charge is 2.23. The number of likely N-dealkylation sites (tertiary alicyclic amines) is 1. The molecule has 1 aromatic carbocycles. The maximum absolute atomic E-state index is 12.7. The van der Waals surface area contributed by atoms with Crippen LogP contribution >= 0.6 is 0 Å². The Morgan fingerprint density at radius 3 is 2.81 bits per heavy atom. The van der Waals surface area contributed by atoms with Gasteiger partial charge in [0.1, 0.15) is 0 Å². The van der Waals surface area contributed by atoms with E-state index < -0.39 is 0 Å². The second-order valence-electron chi connectivity index (χ2n) is 6.92. The summed E-state index contributed by atoms with van der Waals surface area (Å²) < 4.78 is 0. The monoisotopic (exact) mass is 351 g/mol. The zero-order valence-corrected chi connectivity index (χ0v) is 15.4. The molecule has 5 nitrogen and oxygen atoms in total. The molecule has 0 aliphatic carbocycles. The fourth-order valence-electron chi connectivity index (χ4n) is 3.45. The normalized spacial score (nSPS) is 15.6. The Morgan fingerprint density at radius 1 is 1.27 bits per heavy atom. The summed E-state index contributed by atoms with van der Waals surface area (Å²) in [4.78, 5) is 30.5. The van der Waals surface area contributed by atoms with Crippen molar-refractivity contribution in [3.8, 4) is 0 Å². The molecule has 2 heterocycles. The van der Waals surface area contributed by atoms with Crippen molar-refractivity contribution in [1.82, 2.24) is 15.2 Å². The number of nitrogens with one attached hydrogen (secondary N) is 1. The number of rotatable bonds is 5. The van der Waals surface area contributed by atoms with Crippen molar-refractivity contribution in [3.63, 3.8) is 0 Å². The minimum absolute atomic E-state index is 0.0656. The molecule has 0 bridgehead atoms. The van der Waals surface area contributed by atoms with E-state index in [2.05, 4.69) is 29.4 Å². The Bertz CT molecular complexity index is 789. The van der Waals surface area contributed by atoms with E-state index >= 15 is 0 Å². The van der Waals surface area contributed by atoms with Crippen molar-refractivity contribution in [1.29, 1.82) is 0 Å². The molecular weight excluding hydrogens is 326 g/mol. The molecule has 0 saturated carbocycles. The molecule has 1 atom stereocenters. The maximum Gasteiger partial charge on any atom is 0.240 e. The first kappa shape index (κ1) is 18.1. The number of amides is 2. The molecular formula is C21H25N3O2. The SMILES string of the molecule is Cc1ccc([C@@H](NC(=O)CN2CCCCC2=O)c2cccnc2)c(C)c1. The molecule has 2 aromatic rings.